The summed E-state index contributed by atoms with van der Waals surface area (Å²) in [5, 5.41) is 4.80. The number of rotatable bonds is 6. The zero-order valence-electron chi connectivity index (χ0n) is 14.3. The Morgan fingerprint density at radius 2 is 1.95 bits per heavy atom. The van der Waals surface area contributed by atoms with Gasteiger partial charge in [0.05, 0.1) is 5.69 Å². The molecule has 120 valence electrons. The number of piperidine rings is 1. The second-order valence-electron chi connectivity index (χ2n) is 7.10. The predicted octanol–water partition coefficient (Wildman–Crippen LogP) is 3.93. The zero-order chi connectivity index (χ0) is 15.4. The molecule has 0 aliphatic carbocycles. The minimum Gasteiger partial charge on any atom is -0.348 e. The minimum atomic E-state index is 0.700. The normalized spacial score (nSPS) is 23.0. The summed E-state index contributed by atoms with van der Waals surface area (Å²) in [6.07, 6.45) is 2.39. The van der Waals surface area contributed by atoms with Gasteiger partial charge in [-0.15, -0.1) is 11.3 Å². The molecule has 0 saturated carbocycles. The topological polar surface area (TPSA) is 28.2 Å². The molecular formula is C17H31N3S. The van der Waals surface area contributed by atoms with Crippen LogP contribution >= 0.6 is 11.3 Å². The van der Waals surface area contributed by atoms with Gasteiger partial charge < -0.3 is 10.2 Å². The molecular weight excluding hydrogens is 278 g/mol. The first-order chi connectivity index (χ1) is 9.99. The predicted molar refractivity (Wildman–Crippen MR) is 93.2 cm³/mol. The monoisotopic (exact) mass is 309 g/mol. The Balaban J connectivity index is 2.05. The molecule has 2 heterocycles. The number of nitrogens with zero attached hydrogens (tertiary/aromatic N) is 2. The Morgan fingerprint density at radius 3 is 2.52 bits per heavy atom. The summed E-state index contributed by atoms with van der Waals surface area (Å²) in [6.45, 7) is 15.8. The Kier molecular flexibility index (Phi) is 6.06. The van der Waals surface area contributed by atoms with Crippen LogP contribution in [0.2, 0.25) is 0 Å². The maximum Gasteiger partial charge on any atom is 0.185 e. The molecule has 0 radical (unpaired) electrons. The first-order valence-corrected chi connectivity index (χ1v) is 9.25. The highest BCUT2D eigenvalue weighted by Crippen LogP contribution is 2.31. The number of aromatic nitrogens is 1. The number of aryl methyl sites for hydroxylation is 1. The summed E-state index contributed by atoms with van der Waals surface area (Å²) in [7, 11) is 0. The fourth-order valence-electron chi connectivity index (χ4n) is 3.21. The Hall–Kier alpha value is -0.610. The van der Waals surface area contributed by atoms with Gasteiger partial charge in [0.2, 0.25) is 0 Å². The quantitative estimate of drug-likeness (QED) is 0.863. The van der Waals surface area contributed by atoms with E-state index < -0.39 is 0 Å². The Morgan fingerprint density at radius 1 is 1.29 bits per heavy atom. The van der Waals surface area contributed by atoms with Crippen molar-refractivity contribution in [3.8, 4) is 0 Å². The fraction of sp³-hybridized carbons (Fsp3) is 0.824. The van der Waals surface area contributed by atoms with Gasteiger partial charge in [0, 0.05) is 24.5 Å². The fourth-order valence-corrected chi connectivity index (χ4v) is 4.35. The summed E-state index contributed by atoms with van der Waals surface area (Å²) < 4.78 is 0. The first-order valence-electron chi connectivity index (χ1n) is 8.43. The summed E-state index contributed by atoms with van der Waals surface area (Å²) in [4.78, 5) is 8.86. The number of thiazole rings is 1. The van der Waals surface area contributed by atoms with Crippen molar-refractivity contribution in [3.63, 3.8) is 0 Å². The average molecular weight is 310 g/mol. The lowest BCUT2D eigenvalue weighted by Crippen LogP contribution is -2.38. The van der Waals surface area contributed by atoms with Crippen molar-refractivity contribution in [2.75, 3.05) is 24.5 Å². The van der Waals surface area contributed by atoms with E-state index in [0.717, 1.165) is 31.3 Å². The van der Waals surface area contributed by atoms with Crippen molar-refractivity contribution in [2.24, 2.45) is 17.8 Å². The number of nitrogens with one attached hydrogen (secondary N) is 1. The highest BCUT2D eigenvalue weighted by atomic mass is 32.1. The van der Waals surface area contributed by atoms with Crippen LogP contribution in [0, 0.1) is 17.8 Å². The van der Waals surface area contributed by atoms with E-state index in [9.17, 15) is 0 Å². The second kappa shape index (κ2) is 7.59. The van der Waals surface area contributed by atoms with Gasteiger partial charge in [0.1, 0.15) is 0 Å². The van der Waals surface area contributed by atoms with Crippen LogP contribution in [-0.4, -0.2) is 24.6 Å². The lowest BCUT2D eigenvalue weighted by atomic mass is 9.92. The molecule has 1 aromatic heterocycles. The minimum absolute atomic E-state index is 0.700. The molecule has 0 bridgehead atoms. The molecule has 0 spiro atoms. The van der Waals surface area contributed by atoms with Crippen LogP contribution in [0.4, 0.5) is 5.13 Å². The number of hydrogen-bond donors (Lipinski definition) is 1. The van der Waals surface area contributed by atoms with Gasteiger partial charge in [0.15, 0.2) is 5.13 Å². The molecule has 1 N–H and O–H groups in total. The van der Waals surface area contributed by atoms with E-state index in [-0.39, 0.29) is 0 Å². The molecule has 4 heteroatoms. The molecule has 1 saturated heterocycles. The molecule has 2 rings (SSSR count). The van der Waals surface area contributed by atoms with Crippen molar-refractivity contribution in [3.05, 3.63) is 10.6 Å². The van der Waals surface area contributed by atoms with E-state index in [1.165, 1.54) is 35.2 Å². The molecule has 2 atom stereocenters. The maximum absolute atomic E-state index is 4.92. The molecule has 1 aliphatic heterocycles. The summed E-state index contributed by atoms with van der Waals surface area (Å²) in [5.74, 6) is 2.27. The van der Waals surface area contributed by atoms with Gasteiger partial charge in [0.25, 0.3) is 0 Å². The Labute approximate surface area is 134 Å². The maximum atomic E-state index is 4.92. The molecule has 3 nitrogen and oxygen atoms in total. The molecule has 0 amide bonds. The summed E-state index contributed by atoms with van der Waals surface area (Å²) in [5.41, 5.74) is 1.29. The summed E-state index contributed by atoms with van der Waals surface area (Å²) in [6, 6.07) is 0. The highest BCUT2D eigenvalue weighted by Gasteiger charge is 2.24. The van der Waals surface area contributed by atoms with Crippen molar-refractivity contribution >= 4 is 16.5 Å². The van der Waals surface area contributed by atoms with Crippen LogP contribution in [-0.2, 0) is 13.0 Å². The standard InChI is InChI=1S/C17H31N3S/c1-6-15-16(9-18-8-12(2)3)21-17(19-15)20-10-13(4)7-14(5)11-20/h12-14,18H,6-11H2,1-5H3. The van der Waals surface area contributed by atoms with E-state index in [4.69, 9.17) is 4.98 Å². The van der Waals surface area contributed by atoms with Crippen LogP contribution in [0.1, 0.15) is 51.6 Å². The van der Waals surface area contributed by atoms with Gasteiger partial charge in [-0.2, -0.15) is 0 Å². The summed E-state index contributed by atoms with van der Waals surface area (Å²) >= 11 is 1.90. The van der Waals surface area contributed by atoms with Gasteiger partial charge in [-0.05, 0) is 37.1 Å². The smallest absolute Gasteiger partial charge is 0.185 e. The lowest BCUT2D eigenvalue weighted by Gasteiger charge is -2.34. The van der Waals surface area contributed by atoms with E-state index in [1.807, 2.05) is 11.3 Å². The van der Waals surface area contributed by atoms with Crippen molar-refractivity contribution in [1.29, 1.82) is 0 Å². The second-order valence-corrected chi connectivity index (χ2v) is 8.16. The number of hydrogen-bond acceptors (Lipinski definition) is 4. The molecule has 0 aromatic carbocycles. The van der Waals surface area contributed by atoms with Crippen molar-refractivity contribution in [1.82, 2.24) is 10.3 Å². The zero-order valence-corrected chi connectivity index (χ0v) is 15.1. The number of anilines is 1. The van der Waals surface area contributed by atoms with E-state index in [1.54, 1.807) is 0 Å². The van der Waals surface area contributed by atoms with Crippen LogP contribution in [0.25, 0.3) is 0 Å². The third-order valence-corrected chi connectivity index (χ3v) is 5.24. The van der Waals surface area contributed by atoms with E-state index in [2.05, 4.69) is 44.8 Å². The largest absolute Gasteiger partial charge is 0.348 e. The molecule has 1 aliphatic rings. The SMILES string of the molecule is CCc1nc(N2CC(C)CC(C)C2)sc1CNCC(C)C. The van der Waals surface area contributed by atoms with Crippen LogP contribution in [0.15, 0.2) is 0 Å². The van der Waals surface area contributed by atoms with Crippen LogP contribution in [0.3, 0.4) is 0 Å². The van der Waals surface area contributed by atoms with Gasteiger partial charge >= 0.3 is 0 Å². The first kappa shape index (κ1) is 16.8. The lowest BCUT2D eigenvalue weighted by molar-refractivity contribution is 0.356. The highest BCUT2D eigenvalue weighted by molar-refractivity contribution is 7.15. The van der Waals surface area contributed by atoms with Gasteiger partial charge in [-0.3, -0.25) is 0 Å². The van der Waals surface area contributed by atoms with Crippen LogP contribution in [0.5, 0.6) is 0 Å². The third-order valence-electron chi connectivity index (χ3n) is 4.08. The Bertz CT molecular complexity index is 431. The molecule has 1 aromatic rings. The molecule has 2 unspecified atom stereocenters. The molecule has 1 fully saturated rings. The third kappa shape index (κ3) is 4.68. The average Bonchev–Trinajstić information content (AvgIpc) is 2.80. The van der Waals surface area contributed by atoms with Crippen molar-refractivity contribution in [2.45, 2.75) is 54.0 Å². The van der Waals surface area contributed by atoms with Crippen molar-refractivity contribution < 1.29 is 0 Å². The van der Waals surface area contributed by atoms with Gasteiger partial charge in [-0.1, -0.05) is 34.6 Å². The van der Waals surface area contributed by atoms with E-state index in [0.29, 0.717) is 5.92 Å². The molecule has 21 heavy (non-hydrogen) atoms. The van der Waals surface area contributed by atoms with Gasteiger partial charge in [-0.25, -0.2) is 4.98 Å². The van der Waals surface area contributed by atoms with E-state index >= 15 is 0 Å². The van der Waals surface area contributed by atoms with Crippen LogP contribution < -0.4 is 10.2 Å².